The first-order chi connectivity index (χ1) is 12.5. The summed E-state index contributed by atoms with van der Waals surface area (Å²) in [5, 5.41) is 0. The number of nitrogens with zero attached hydrogens (tertiary/aromatic N) is 2. The van der Waals surface area contributed by atoms with Crippen molar-refractivity contribution >= 4 is 20.0 Å². The minimum Gasteiger partial charge on any atom is -0.349 e. The smallest absolute Gasteiger partial charge is 0.349 e. The number of nitrogens with one attached hydrogen (secondary N) is 1. The molecule has 1 aliphatic heterocycles. The summed E-state index contributed by atoms with van der Waals surface area (Å²) in [5.74, 6) is 0. The van der Waals surface area contributed by atoms with Gasteiger partial charge in [0.1, 0.15) is 6.54 Å². The van der Waals surface area contributed by atoms with E-state index in [1.807, 2.05) is 22.9 Å². The SMILES string of the molecule is O=S(=O)(NCC(F)(F)F)c1ccc(S(=O)(=O)N2CCn3cccc3C2)cc1. The van der Waals surface area contributed by atoms with Gasteiger partial charge >= 0.3 is 6.18 Å². The first-order valence-electron chi connectivity index (χ1n) is 7.80. The number of hydrogen-bond donors (Lipinski definition) is 1. The van der Waals surface area contributed by atoms with Gasteiger partial charge in [-0.25, -0.2) is 21.6 Å². The number of rotatable bonds is 5. The fourth-order valence-corrected chi connectivity index (χ4v) is 5.11. The standard InChI is InChI=1S/C15H16F3N3O4S2/c16-15(17,18)11-19-26(22,23)13-3-5-14(6-4-13)27(24,25)21-9-8-20-7-1-2-12(20)10-21/h1-7,19H,8-11H2. The van der Waals surface area contributed by atoms with E-state index in [0.29, 0.717) is 6.54 Å². The molecule has 3 rings (SSSR count). The molecule has 2 heterocycles. The van der Waals surface area contributed by atoms with E-state index < -0.39 is 37.7 Å². The van der Waals surface area contributed by atoms with E-state index in [0.717, 1.165) is 30.0 Å². The average molecular weight is 423 g/mol. The molecule has 1 aliphatic rings. The van der Waals surface area contributed by atoms with Crippen molar-refractivity contribution < 1.29 is 30.0 Å². The highest BCUT2D eigenvalue weighted by atomic mass is 32.2. The van der Waals surface area contributed by atoms with Crippen LogP contribution >= 0.6 is 0 Å². The molecule has 2 aromatic rings. The fraction of sp³-hybridized carbons (Fsp3) is 0.333. The number of aromatic nitrogens is 1. The zero-order chi connectivity index (χ0) is 19.9. The van der Waals surface area contributed by atoms with Crippen molar-refractivity contribution in [3.63, 3.8) is 0 Å². The van der Waals surface area contributed by atoms with Gasteiger partial charge in [0.2, 0.25) is 20.0 Å². The Kier molecular flexibility index (Phi) is 5.10. The molecule has 1 aromatic carbocycles. The van der Waals surface area contributed by atoms with E-state index in [4.69, 9.17) is 0 Å². The van der Waals surface area contributed by atoms with Crippen LogP contribution < -0.4 is 4.72 Å². The molecule has 12 heteroatoms. The first kappa shape index (κ1) is 19.9. The van der Waals surface area contributed by atoms with Crippen molar-refractivity contribution in [3.8, 4) is 0 Å². The van der Waals surface area contributed by atoms with Gasteiger partial charge in [-0.3, -0.25) is 0 Å². The summed E-state index contributed by atoms with van der Waals surface area (Å²) in [6.45, 7) is -0.766. The Morgan fingerprint density at radius 2 is 1.59 bits per heavy atom. The van der Waals surface area contributed by atoms with Crippen molar-refractivity contribution in [2.75, 3.05) is 13.1 Å². The highest BCUT2D eigenvalue weighted by Crippen LogP contribution is 2.23. The summed E-state index contributed by atoms with van der Waals surface area (Å²) in [6.07, 6.45) is -2.84. The molecule has 0 unspecified atom stereocenters. The van der Waals surface area contributed by atoms with Gasteiger partial charge in [-0.2, -0.15) is 17.5 Å². The maximum Gasteiger partial charge on any atom is 0.402 e. The van der Waals surface area contributed by atoms with Gasteiger partial charge in [-0.05, 0) is 36.4 Å². The number of benzene rings is 1. The van der Waals surface area contributed by atoms with Crippen molar-refractivity contribution in [3.05, 3.63) is 48.3 Å². The molecule has 148 valence electrons. The summed E-state index contributed by atoms with van der Waals surface area (Å²) in [5.41, 5.74) is 0.834. The van der Waals surface area contributed by atoms with Crippen LogP contribution in [-0.2, 0) is 33.1 Å². The summed E-state index contributed by atoms with van der Waals surface area (Å²) in [7, 11) is -8.25. The number of fused-ring (bicyclic) bond motifs is 1. The second-order valence-corrected chi connectivity index (χ2v) is 9.65. The lowest BCUT2D eigenvalue weighted by Gasteiger charge is -2.28. The molecular weight excluding hydrogens is 407 g/mol. The van der Waals surface area contributed by atoms with Crippen molar-refractivity contribution in [1.82, 2.24) is 13.6 Å². The largest absolute Gasteiger partial charge is 0.402 e. The van der Waals surface area contributed by atoms with E-state index in [2.05, 4.69) is 0 Å². The predicted octanol–water partition coefficient (Wildman–Crippen LogP) is 1.53. The van der Waals surface area contributed by atoms with Crippen LogP contribution in [0, 0.1) is 0 Å². The molecule has 0 amide bonds. The molecule has 1 N–H and O–H groups in total. The lowest BCUT2D eigenvalue weighted by molar-refractivity contribution is -0.121. The lowest BCUT2D eigenvalue weighted by Crippen LogP contribution is -2.37. The van der Waals surface area contributed by atoms with E-state index in [1.165, 1.54) is 9.03 Å². The van der Waals surface area contributed by atoms with Crippen LogP contribution in [0.3, 0.4) is 0 Å². The average Bonchev–Trinajstić information content (AvgIpc) is 3.07. The Bertz CT molecular complexity index is 1030. The summed E-state index contributed by atoms with van der Waals surface area (Å²) in [4.78, 5) is -0.574. The predicted molar refractivity (Wildman–Crippen MR) is 89.7 cm³/mol. The normalized spacial score (nSPS) is 16.3. The monoisotopic (exact) mass is 423 g/mol. The van der Waals surface area contributed by atoms with Gasteiger partial charge in [0.25, 0.3) is 0 Å². The van der Waals surface area contributed by atoms with Gasteiger partial charge in [-0.15, -0.1) is 0 Å². The molecule has 7 nitrogen and oxygen atoms in total. The molecule has 0 bridgehead atoms. The number of sulfonamides is 2. The quantitative estimate of drug-likeness (QED) is 0.790. The molecule has 0 fully saturated rings. The minimum absolute atomic E-state index is 0.128. The molecular formula is C15H16F3N3O4S2. The van der Waals surface area contributed by atoms with E-state index >= 15 is 0 Å². The summed E-state index contributed by atoms with van der Waals surface area (Å²) >= 11 is 0. The number of halogens is 3. The van der Waals surface area contributed by atoms with Crippen LogP contribution in [0.1, 0.15) is 5.69 Å². The zero-order valence-electron chi connectivity index (χ0n) is 13.8. The van der Waals surface area contributed by atoms with Crippen LogP contribution in [0.5, 0.6) is 0 Å². The minimum atomic E-state index is -4.69. The summed E-state index contributed by atoms with van der Waals surface area (Å²) in [6, 6.07) is 7.72. The van der Waals surface area contributed by atoms with Crippen molar-refractivity contribution in [2.45, 2.75) is 29.1 Å². The second-order valence-electron chi connectivity index (χ2n) is 5.94. The van der Waals surface area contributed by atoms with Gasteiger partial charge in [0, 0.05) is 25.0 Å². The van der Waals surface area contributed by atoms with Gasteiger partial charge in [0.15, 0.2) is 0 Å². The van der Waals surface area contributed by atoms with E-state index in [9.17, 15) is 30.0 Å². The maximum absolute atomic E-state index is 12.7. The molecule has 0 saturated heterocycles. The van der Waals surface area contributed by atoms with Crippen LogP contribution in [0.2, 0.25) is 0 Å². The van der Waals surface area contributed by atoms with Crippen LogP contribution in [0.4, 0.5) is 13.2 Å². The van der Waals surface area contributed by atoms with Crippen molar-refractivity contribution in [2.24, 2.45) is 0 Å². The lowest BCUT2D eigenvalue weighted by atomic mass is 10.3. The molecule has 0 aliphatic carbocycles. The van der Waals surface area contributed by atoms with Gasteiger partial charge in [-0.1, -0.05) is 0 Å². The zero-order valence-corrected chi connectivity index (χ0v) is 15.5. The third-order valence-corrected chi connectivity index (χ3v) is 7.36. The van der Waals surface area contributed by atoms with Crippen LogP contribution in [0.15, 0.2) is 52.4 Å². The highest BCUT2D eigenvalue weighted by molar-refractivity contribution is 7.89. The van der Waals surface area contributed by atoms with E-state index in [1.54, 1.807) is 0 Å². The Morgan fingerprint density at radius 1 is 0.963 bits per heavy atom. The molecule has 27 heavy (non-hydrogen) atoms. The van der Waals surface area contributed by atoms with Gasteiger partial charge < -0.3 is 4.57 Å². The third-order valence-electron chi connectivity index (χ3n) is 4.09. The number of alkyl halides is 3. The first-order valence-corrected chi connectivity index (χ1v) is 10.7. The fourth-order valence-electron chi connectivity index (χ4n) is 2.70. The van der Waals surface area contributed by atoms with Crippen LogP contribution in [0.25, 0.3) is 0 Å². The molecule has 0 saturated carbocycles. The van der Waals surface area contributed by atoms with Gasteiger partial charge in [0.05, 0.1) is 16.3 Å². The molecule has 0 spiro atoms. The Morgan fingerprint density at radius 3 is 2.22 bits per heavy atom. The number of hydrogen-bond acceptors (Lipinski definition) is 4. The van der Waals surface area contributed by atoms with Crippen LogP contribution in [-0.4, -0.2) is 45.0 Å². The Balaban J connectivity index is 1.79. The third kappa shape index (κ3) is 4.34. The second kappa shape index (κ2) is 6.93. The summed E-state index contributed by atoms with van der Waals surface area (Å²) < 4.78 is 90.5. The molecule has 0 radical (unpaired) electrons. The highest BCUT2D eigenvalue weighted by Gasteiger charge is 2.31. The maximum atomic E-state index is 12.7. The topological polar surface area (TPSA) is 88.5 Å². The molecule has 0 atom stereocenters. The molecule has 1 aromatic heterocycles. The van der Waals surface area contributed by atoms with Crippen molar-refractivity contribution in [1.29, 1.82) is 0 Å². The van der Waals surface area contributed by atoms with E-state index in [-0.39, 0.29) is 18.0 Å². The Labute approximate surface area is 154 Å². The Hall–Kier alpha value is -1.89.